The van der Waals surface area contributed by atoms with Gasteiger partial charge in [0.15, 0.2) is 0 Å². The molecule has 0 spiro atoms. The van der Waals surface area contributed by atoms with Gasteiger partial charge >= 0.3 is 0 Å². The van der Waals surface area contributed by atoms with E-state index in [1.54, 1.807) is 4.90 Å². The predicted molar refractivity (Wildman–Crippen MR) is 108 cm³/mol. The van der Waals surface area contributed by atoms with Crippen molar-refractivity contribution in [1.29, 1.82) is 0 Å². The van der Waals surface area contributed by atoms with Crippen LogP contribution in [0.3, 0.4) is 0 Å². The number of sulfonamides is 1. The van der Waals surface area contributed by atoms with Crippen molar-refractivity contribution < 1.29 is 18.0 Å². The van der Waals surface area contributed by atoms with Crippen LogP contribution in [0.15, 0.2) is 23.1 Å². The van der Waals surface area contributed by atoms with Crippen LogP contribution in [-0.2, 0) is 14.8 Å². The van der Waals surface area contributed by atoms with Gasteiger partial charge in [-0.2, -0.15) is 0 Å². The van der Waals surface area contributed by atoms with Gasteiger partial charge in [0.25, 0.3) is 5.91 Å². The second-order valence-corrected chi connectivity index (χ2v) is 9.41. The number of nitrogens with one attached hydrogen (secondary N) is 1. The summed E-state index contributed by atoms with van der Waals surface area (Å²) in [5.41, 5.74) is 0.165. The molecular weight excluding hydrogens is 404 g/mol. The lowest BCUT2D eigenvalue weighted by Crippen LogP contribution is -2.51. The van der Waals surface area contributed by atoms with E-state index in [1.807, 2.05) is 11.8 Å². The van der Waals surface area contributed by atoms with E-state index < -0.39 is 10.0 Å². The summed E-state index contributed by atoms with van der Waals surface area (Å²) in [6, 6.07) is 4.14. The fourth-order valence-electron chi connectivity index (χ4n) is 2.84. The van der Waals surface area contributed by atoms with Gasteiger partial charge in [-0.05, 0) is 24.6 Å². The minimum atomic E-state index is -3.66. The van der Waals surface area contributed by atoms with Gasteiger partial charge in [0, 0.05) is 46.8 Å². The molecule has 2 amide bonds. The number of amides is 2. The number of hydrogen-bond acceptors (Lipinski definition) is 5. The lowest BCUT2D eigenvalue weighted by molar-refractivity contribution is -0.122. The van der Waals surface area contributed by atoms with Crippen molar-refractivity contribution in [1.82, 2.24) is 19.4 Å². The summed E-state index contributed by atoms with van der Waals surface area (Å²) in [6.07, 6.45) is 0.886. The Morgan fingerprint density at radius 1 is 1.18 bits per heavy atom. The molecule has 0 atom stereocenters. The van der Waals surface area contributed by atoms with E-state index in [2.05, 4.69) is 5.32 Å². The molecule has 156 valence electrons. The van der Waals surface area contributed by atoms with Crippen LogP contribution in [0.25, 0.3) is 0 Å². The lowest BCUT2D eigenvalue weighted by Gasteiger charge is -2.34. The van der Waals surface area contributed by atoms with Crippen LogP contribution in [-0.4, -0.2) is 87.7 Å². The van der Waals surface area contributed by atoms with Gasteiger partial charge in [-0.25, -0.2) is 12.7 Å². The van der Waals surface area contributed by atoms with E-state index in [0.29, 0.717) is 39.3 Å². The minimum Gasteiger partial charge on any atom is -0.355 e. The van der Waals surface area contributed by atoms with E-state index in [0.717, 1.165) is 10.7 Å². The highest BCUT2D eigenvalue weighted by atomic mass is 35.5. The van der Waals surface area contributed by atoms with Crippen molar-refractivity contribution in [2.75, 3.05) is 53.4 Å². The topological polar surface area (TPSA) is 90.0 Å². The van der Waals surface area contributed by atoms with Gasteiger partial charge < -0.3 is 10.2 Å². The zero-order chi connectivity index (χ0) is 20.9. The highest BCUT2D eigenvalue weighted by Gasteiger charge is 2.26. The smallest absolute Gasteiger partial charge is 0.255 e. The maximum absolute atomic E-state index is 12.9. The Labute approximate surface area is 171 Å². The zero-order valence-corrected chi connectivity index (χ0v) is 18.0. The third kappa shape index (κ3) is 5.44. The molecule has 1 fully saturated rings. The number of benzene rings is 1. The Hall–Kier alpha value is -1.68. The fraction of sp³-hybridized carbons (Fsp3) is 0.556. The summed E-state index contributed by atoms with van der Waals surface area (Å²) >= 11 is 6.17. The first-order chi connectivity index (χ1) is 13.2. The molecule has 1 aromatic rings. The first-order valence-electron chi connectivity index (χ1n) is 9.17. The number of hydrogen-bond donors (Lipinski definition) is 1. The summed E-state index contributed by atoms with van der Waals surface area (Å²) in [6.45, 7) is 4.98. The average Bonchev–Trinajstić information content (AvgIpc) is 2.66. The minimum absolute atomic E-state index is 0.0220. The Bertz CT molecular complexity index is 821. The molecule has 1 aliphatic heterocycles. The molecule has 1 heterocycles. The molecule has 0 saturated carbocycles. The largest absolute Gasteiger partial charge is 0.355 e. The molecule has 2 rings (SSSR count). The third-order valence-electron chi connectivity index (χ3n) is 4.55. The monoisotopic (exact) mass is 430 g/mol. The number of nitrogens with zero attached hydrogens (tertiary/aromatic N) is 3. The van der Waals surface area contributed by atoms with Crippen molar-refractivity contribution in [2.24, 2.45) is 0 Å². The number of halogens is 1. The van der Waals surface area contributed by atoms with Crippen LogP contribution < -0.4 is 5.32 Å². The second kappa shape index (κ2) is 9.69. The lowest BCUT2D eigenvalue weighted by atomic mass is 10.1. The van der Waals surface area contributed by atoms with Crippen LogP contribution in [0.4, 0.5) is 0 Å². The summed E-state index contributed by atoms with van der Waals surface area (Å²) in [4.78, 5) is 28.3. The van der Waals surface area contributed by atoms with Crippen molar-refractivity contribution in [3.05, 3.63) is 28.8 Å². The molecular formula is C18H27ClN4O4S. The zero-order valence-electron chi connectivity index (χ0n) is 16.4. The van der Waals surface area contributed by atoms with Crippen molar-refractivity contribution in [3.63, 3.8) is 0 Å². The SMILES string of the molecule is CCCNC(=O)CN1CCN(C(=O)c2cc(S(=O)(=O)N(C)C)ccc2Cl)CC1. The predicted octanol–water partition coefficient (Wildman–Crippen LogP) is 0.874. The Morgan fingerprint density at radius 3 is 2.39 bits per heavy atom. The molecule has 0 radical (unpaired) electrons. The second-order valence-electron chi connectivity index (χ2n) is 6.85. The van der Waals surface area contributed by atoms with Gasteiger partial charge in [0.2, 0.25) is 15.9 Å². The molecule has 10 heteroatoms. The average molecular weight is 431 g/mol. The molecule has 0 aromatic heterocycles. The molecule has 1 saturated heterocycles. The molecule has 0 unspecified atom stereocenters. The molecule has 8 nitrogen and oxygen atoms in total. The summed E-state index contributed by atoms with van der Waals surface area (Å²) in [7, 11) is -0.795. The quantitative estimate of drug-likeness (QED) is 0.693. The maximum atomic E-state index is 12.9. The highest BCUT2D eigenvalue weighted by molar-refractivity contribution is 7.89. The first kappa shape index (κ1) is 22.6. The Kier molecular flexibility index (Phi) is 7.82. The normalized spacial score (nSPS) is 15.7. The van der Waals surface area contributed by atoms with Crippen LogP contribution in [0.1, 0.15) is 23.7 Å². The van der Waals surface area contributed by atoms with E-state index in [9.17, 15) is 18.0 Å². The fourth-order valence-corrected chi connectivity index (χ4v) is 3.97. The van der Waals surface area contributed by atoms with Gasteiger partial charge in [-0.1, -0.05) is 18.5 Å². The van der Waals surface area contributed by atoms with Gasteiger partial charge in [0.05, 0.1) is 22.0 Å². The third-order valence-corrected chi connectivity index (χ3v) is 6.69. The molecule has 0 bridgehead atoms. The Balaban J connectivity index is 2.05. The van der Waals surface area contributed by atoms with E-state index in [-0.39, 0.29) is 27.3 Å². The van der Waals surface area contributed by atoms with Crippen LogP contribution >= 0.6 is 11.6 Å². The molecule has 1 aromatic carbocycles. The van der Waals surface area contributed by atoms with Gasteiger partial charge in [0.1, 0.15) is 0 Å². The van der Waals surface area contributed by atoms with E-state index >= 15 is 0 Å². The van der Waals surface area contributed by atoms with Crippen molar-refractivity contribution in [3.8, 4) is 0 Å². The van der Waals surface area contributed by atoms with Crippen LogP contribution in [0.2, 0.25) is 5.02 Å². The van der Waals surface area contributed by atoms with E-state index in [4.69, 9.17) is 11.6 Å². The molecule has 1 aliphatic rings. The molecule has 1 N–H and O–H groups in total. The number of rotatable bonds is 7. The van der Waals surface area contributed by atoms with Crippen molar-refractivity contribution >= 4 is 33.4 Å². The summed E-state index contributed by atoms with van der Waals surface area (Å²) < 4.78 is 25.7. The van der Waals surface area contributed by atoms with Crippen LogP contribution in [0.5, 0.6) is 0 Å². The Morgan fingerprint density at radius 2 is 1.82 bits per heavy atom. The van der Waals surface area contributed by atoms with E-state index in [1.165, 1.54) is 32.3 Å². The van der Waals surface area contributed by atoms with Crippen molar-refractivity contribution in [2.45, 2.75) is 18.2 Å². The highest BCUT2D eigenvalue weighted by Crippen LogP contribution is 2.24. The molecule has 0 aliphatic carbocycles. The molecule has 28 heavy (non-hydrogen) atoms. The summed E-state index contributed by atoms with van der Waals surface area (Å²) in [5.74, 6) is -0.331. The van der Waals surface area contributed by atoms with Crippen LogP contribution in [0, 0.1) is 0 Å². The maximum Gasteiger partial charge on any atom is 0.255 e. The number of carbonyl (C=O) groups excluding carboxylic acids is 2. The number of carbonyl (C=O) groups is 2. The first-order valence-corrected chi connectivity index (χ1v) is 11.0. The van der Waals surface area contributed by atoms with Gasteiger partial charge in [-0.3, -0.25) is 14.5 Å². The standard InChI is InChI=1S/C18H27ClN4O4S/c1-4-7-20-17(24)13-22-8-10-23(11-9-22)18(25)15-12-14(5-6-16(15)19)28(26,27)21(2)3/h5-6,12H,4,7-11,13H2,1-3H3,(H,20,24). The van der Waals surface area contributed by atoms with Gasteiger partial charge in [-0.15, -0.1) is 0 Å². The number of piperazine rings is 1. The summed E-state index contributed by atoms with van der Waals surface area (Å²) in [5, 5.41) is 3.05.